The Labute approximate surface area is 135 Å². The highest BCUT2D eigenvalue weighted by Gasteiger charge is 2.27. The Balaban J connectivity index is 1.66. The van der Waals surface area contributed by atoms with Gasteiger partial charge < -0.3 is 16.4 Å². The summed E-state index contributed by atoms with van der Waals surface area (Å²) in [6.45, 7) is 2.03. The molecule has 1 fully saturated rings. The third-order valence-corrected chi connectivity index (χ3v) is 3.87. The van der Waals surface area contributed by atoms with Crippen LogP contribution in [0, 0.1) is 5.82 Å². The van der Waals surface area contributed by atoms with E-state index in [-0.39, 0.29) is 5.82 Å². The van der Waals surface area contributed by atoms with E-state index in [0.29, 0.717) is 25.0 Å². The number of nitrogens with zero attached hydrogens (tertiary/aromatic N) is 2. The van der Waals surface area contributed by atoms with Crippen molar-refractivity contribution in [2.45, 2.75) is 31.7 Å². The molecule has 6 heteroatoms. The summed E-state index contributed by atoms with van der Waals surface area (Å²) in [6, 6.07) is 6.41. The van der Waals surface area contributed by atoms with Gasteiger partial charge >= 0.3 is 0 Å². The Morgan fingerprint density at radius 2 is 1.96 bits per heavy atom. The van der Waals surface area contributed by atoms with Crippen LogP contribution in [-0.4, -0.2) is 23.1 Å². The molecule has 0 aliphatic heterocycles. The van der Waals surface area contributed by atoms with Crippen LogP contribution in [0.3, 0.4) is 0 Å². The summed E-state index contributed by atoms with van der Waals surface area (Å²) in [4.78, 5) is 8.99. The maximum atomic E-state index is 12.9. The third-order valence-electron chi connectivity index (χ3n) is 3.87. The average Bonchev–Trinajstić information content (AvgIpc) is 3.40. The molecule has 1 aromatic heterocycles. The van der Waals surface area contributed by atoms with E-state index in [1.165, 1.54) is 30.5 Å². The van der Waals surface area contributed by atoms with Crippen LogP contribution >= 0.6 is 0 Å². The molecule has 0 radical (unpaired) electrons. The Bertz CT molecular complexity index is 640. The van der Waals surface area contributed by atoms with Crippen LogP contribution in [0.2, 0.25) is 0 Å². The second-order valence-corrected chi connectivity index (χ2v) is 5.82. The van der Waals surface area contributed by atoms with Crippen LogP contribution in [-0.2, 0) is 6.54 Å². The molecule has 122 valence electrons. The molecule has 0 atom stereocenters. The highest BCUT2D eigenvalue weighted by molar-refractivity contribution is 5.50. The summed E-state index contributed by atoms with van der Waals surface area (Å²) < 4.78 is 12.9. The smallest absolute Gasteiger partial charge is 0.224 e. The lowest BCUT2D eigenvalue weighted by molar-refractivity contribution is 0.627. The second-order valence-electron chi connectivity index (χ2n) is 5.82. The zero-order valence-corrected chi connectivity index (χ0v) is 13.1. The van der Waals surface area contributed by atoms with E-state index in [1.54, 1.807) is 12.1 Å². The number of aromatic nitrogens is 2. The number of rotatable bonds is 8. The van der Waals surface area contributed by atoms with Gasteiger partial charge in [0.15, 0.2) is 0 Å². The molecule has 0 saturated heterocycles. The predicted octanol–water partition coefficient (Wildman–Crippen LogP) is 2.87. The molecule has 0 unspecified atom stereocenters. The fraction of sp³-hybridized carbons (Fsp3) is 0.412. The molecule has 1 aliphatic rings. The van der Waals surface area contributed by atoms with E-state index in [1.807, 2.05) is 6.20 Å². The molecule has 2 aromatic rings. The van der Waals surface area contributed by atoms with Gasteiger partial charge in [0.05, 0.1) is 0 Å². The first-order valence-electron chi connectivity index (χ1n) is 8.05. The maximum Gasteiger partial charge on any atom is 0.224 e. The summed E-state index contributed by atoms with van der Waals surface area (Å²) in [6.07, 6.45) is 5.23. The van der Waals surface area contributed by atoms with E-state index in [0.717, 1.165) is 24.3 Å². The first-order chi connectivity index (χ1) is 11.3. The summed E-state index contributed by atoms with van der Waals surface area (Å²) in [5.41, 5.74) is 7.72. The monoisotopic (exact) mass is 315 g/mol. The minimum atomic E-state index is -0.231. The number of hydrogen-bond acceptors (Lipinski definition) is 5. The van der Waals surface area contributed by atoms with Crippen molar-refractivity contribution in [1.82, 2.24) is 9.97 Å². The number of nitrogens with one attached hydrogen (secondary N) is 2. The van der Waals surface area contributed by atoms with Gasteiger partial charge in [-0.3, -0.25) is 0 Å². The van der Waals surface area contributed by atoms with Crippen LogP contribution in [0.5, 0.6) is 0 Å². The van der Waals surface area contributed by atoms with Gasteiger partial charge in [-0.05, 0) is 49.4 Å². The molecule has 5 nitrogen and oxygen atoms in total. The molecule has 1 aliphatic carbocycles. The molecule has 1 saturated carbocycles. The van der Waals surface area contributed by atoms with E-state index in [9.17, 15) is 4.39 Å². The SMILES string of the molecule is NCCCNc1nc(NCc2ccc(F)cc2)ncc1C1CC1. The van der Waals surface area contributed by atoms with Gasteiger partial charge in [0.2, 0.25) is 5.95 Å². The number of benzene rings is 1. The van der Waals surface area contributed by atoms with Crippen LogP contribution in [0.25, 0.3) is 0 Å². The van der Waals surface area contributed by atoms with Gasteiger partial charge in [-0.2, -0.15) is 4.98 Å². The van der Waals surface area contributed by atoms with Crippen LogP contribution in [0.1, 0.15) is 36.3 Å². The molecule has 1 heterocycles. The Morgan fingerprint density at radius 3 is 2.65 bits per heavy atom. The lowest BCUT2D eigenvalue weighted by Gasteiger charge is -2.12. The van der Waals surface area contributed by atoms with E-state index in [4.69, 9.17) is 5.73 Å². The summed E-state index contributed by atoms with van der Waals surface area (Å²) >= 11 is 0. The van der Waals surface area contributed by atoms with Gasteiger partial charge in [-0.15, -0.1) is 0 Å². The lowest BCUT2D eigenvalue weighted by Crippen LogP contribution is -2.12. The van der Waals surface area contributed by atoms with E-state index < -0.39 is 0 Å². The van der Waals surface area contributed by atoms with Crippen molar-refractivity contribution >= 4 is 11.8 Å². The van der Waals surface area contributed by atoms with Crippen molar-refractivity contribution in [2.24, 2.45) is 5.73 Å². The molecule has 0 bridgehead atoms. The molecular formula is C17H22FN5. The molecular weight excluding hydrogens is 293 g/mol. The lowest BCUT2D eigenvalue weighted by atomic mass is 10.2. The minimum absolute atomic E-state index is 0.231. The number of anilines is 2. The Morgan fingerprint density at radius 1 is 1.17 bits per heavy atom. The normalized spacial score (nSPS) is 13.8. The standard InChI is InChI=1S/C17H22FN5/c18-14-6-2-12(3-7-14)10-21-17-22-11-15(13-4-5-13)16(23-17)20-9-1-8-19/h2-3,6-7,11,13H,1,4-5,8-10,19H2,(H2,20,21,22,23). The van der Waals surface area contributed by atoms with E-state index in [2.05, 4.69) is 20.6 Å². The van der Waals surface area contributed by atoms with Gasteiger partial charge in [-0.25, -0.2) is 9.37 Å². The number of hydrogen-bond donors (Lipinski definition) is 3. The molecule has 0 amide bonds. The molecule has 0 spiro atoms. The first-order valence-corrected chi connectivity index (χ1v) is 8.05. The summed E-state index contributed by atoms with van der Waals surface area (Å²) in [5, 5.41) is 6.55. The van der Waals surface area contributed by atoms with Crippen LogP contribution in [0.4, 0.5) is 16.2 Å². The van der Waals surface area contributed by atoms with Crippen molar-refractivity contribution in [3.05, 3.63) is 47.4 Å². The third kappa shape index (κ3) is 4.39. The first kappa shape index (κ1) is 15.7. The van der Waals surface area contributed by atoms with Gasteiger partial charge in [0.25, 0.3) is 0 Å². The number of halogens is 1. The fourth-order valence-corrected chi connectivity index (χ4v) is 2.40. The second kappa shape index (κ2) is 7.37. The zero-order chi connectivity index (χ0) is 16.1. The predicted molar refractivity (Wildman–Crippen MR) is 89.9 cm³/mol. The topological polar surface area (TPSA) is 75.9 Å². The average molecular weight is 315 g/mol. The van der Waals surface area contributed by atoms with E-state index >= 15 is 0 Å². The molecule has 4 N–H and O–H groups in total. The quantitative estimate of drug-likeness (QED) is 0.653. The minimum Gasteiger partial charge on any atom is -0.370 e. The van der Waals surface area contributed by atoms with Gasteiger partial charge in [-0.1, -0.05) is 12.1 Å². The van der Waals surface area contributed by atoms with Crippen molar-refractivity contribution in [1.29, 1.82) is 0 Å². The largest absolute Gasteiger partial charge is 0.370 e. The van der Waals surface area contributed by atoms with Crippen LogP contribution in [0.15, 0.2) is 30.5 Å². The fourth-order valence-electron chi connectivity index (χ4n) is 2.40. The molecule has 23 heavy (non-hydrogen) atoms. The van der Waals surface area contributed by atoms with Gasteiger partial charge in [0, 0.05) is 24.8 Å². The Kier molecular flexibility index (Phi) is 5.02. The Hall–Kier alpha value is -2.21. The highest BCUT2D eigenvalue weighted by atomic mass is 19.1. The molecule has 1 aromatic carbocycles. The molecule has 3 rings (SSSR count). The van der Waals surface area contributed by atoms with Crippen molar-refractivity contribution in [3.8, 4) is 0 Å². The van der Waals surface area contributed by atoms with Crippen molar-refractivity contribution in [2.75, 3.05) is 23.7 Å². The zero-order valence-electron chi connectivity index (χ0n) is 13.1. The highest BCUT2D eigenvalue weighted by Crippen LogP contribution is 2.42. The summed E-state index contributed by atoms with van der Waals surface area (Å²) in [7, 11) is 0. The maximum absolute atomic E-state index is 12.9. The van der Waals surface area contributed by atoms with Gasteiger partial charge in [0.1, 0.15) is 11.6 Å². The van der Waals surface area contributed by atoms with Crippen molar-refractivity contribution in [3.63, 3.8) is 0 Å². The van der Waals surface area contributed by atoms with Crippen molar-refractivity contribution < 1.29 is 4.39 Å². The van der Waals surface area contributed by atoms with Crippen LogP contribution < -0.4 is 16.4 Å². The number of nitrogens with two attached hydrogens (primary N) is 1. The summed E-state index contributed by atoms with van der Waals surface area (Å²) in [5.74, 6) is 1.83.